The highest BCUT2D eigenvalue weighted by molar-refractivity contribution is 8.00. The third-order valence-electron chi connectivity index (χ3n) is 4.56. The lowest BCUT2D eigenvalue weighted by molar-refractivity contribution is -0.117. The zero-order valence-electron chi connectivity index (χ0n) is 17.5. The minimum atomic E-state index is -0.447. The van der Waals surface area contributed by atoms with Crippen LogP contribution in [0.4, 0.5) is 5.69 Å². The van der Waals surface area contributed by atoms with Crippen molar-refractivity contribution in [1.29, 1.82) is 5.26 Å². The van der Waals surface area contributed by atoms with E-state index in [0.717, 1.165) is 27.9 Å². The molecule has 1 aromatic heterocycles. The second kappa shape index (κ2) is 9.59. The Kier molecular flexibility index (Phi) is 6.91. The maximum Gasteiger partial charge on any atom is 0.277 e. The van der Waals surface area contributed by atoms with Gasteiger partial charge in [0.05, 0.1) is 17.7 Å². The Bertz CT molecular complexity index is 1050. The molecule has 2 aromatic carbocycles. The highest BCUT2D eigenvalue weighted by Gasteiger charge is 2.25. The van der Waals surface area contributed by atoms with E-state index in [1.165, 1.54) is 11.8 Å². The summed E-state index contributed by atoms with van der Waals surface area (Å²) in [4.78, 5) is 14.8. The first-order chi connectivity index (χ1) is 14.4. The summed E-state index contributed by atoms with van der Waals surface area (Å²) in [5.41, 5.74) is 4.98. The van der Waals surface area contributed by atoms with Gasteiger partial charge < -0.3 is 9.32 Å². The van der Waals surface area contributed by atoms with Gasteiger partial charge in [-0.05, 0) is 52.0 Å². The van der Waals surface area contributed by atoms with Crippen molar-refractivity contribution < 1.29 is 9.21 Å². The number of aryl methyl sites for hydroxylation is 3. The van der Waals surface area contributed by atoms with Crippen LogP contribution in [0.25, 0.3) is 11.5 Å². The number of thioether (sulfide) groups is 1. The van der Waals surface area contributed by atoms with Gasteiger partial charge >= 0.3 is 0 Å². The summed E-state index contributed by atoms with van der Waals surface area (Å²) in [7, 11) is 0. The molecule has 0 aliphatic heterocycles. The van der Waals surface area contributed by atoms with E-state index in [-0.39, 0.29) is 12.3 Å². The molecule has 0 fully saturated rings. The Morgan fingerprint density at radius 1 is 1.10 bits per heavy atom. The fourth-order valence-electron chi connectivity index (χ4n) is 3.15. The SMILES string of the molecule is Cc1ccc(N(CCC#N)C(=O)C(C)Sc2nnc(-c3cc(C)cc(C)c3)o2)cc1. The highest BCUT2D eigenvalue weighted by atomic mass is 32.2. The molecule has 0 radical (unpaired) electrons. The lowest BCUT2D eigenvalue weighted by atomic mass is 10.1. The highest BCUT2D eigenvalue weighted by Crippen LogP contribution is 2.29. The zero-order chi connectivity index (χ0) is 21.7. The molecule has 6 nitrogen and oxygen atoms in total. The van der Waals surface area contributed by atoms with Crippen LogP contribution in [-0.4, -0.2) is 27.9 Å². The Hall–Kier alpha value is -3.11. The van der Waals surface area contributed by atoms with E-state index in [1.54, 1.807) is 11.8 Å². The third-order valence-corrected chi connectivity index (χ3v) is 5.48. The number of benzene rings is 2. The molecule has 0 N–H and O–H groups in total. The number of carbonyl (C=O) groups excluding carboxylic acids is 1. The van der Waals surface area contributed by atoms with Gasteiger partial charge in [0.15, 0.2) is 0 Å². The van der Waals surface area contributed by atoms with Gasteiger partial charge in [0.25, 0.3) is 5.22 Å². The van der Waals surface area contributed by atoms with Gasteiger partial charge in [0.1, 0.15) is 0 Å². The molecule has 0 saturated heterocycles. The van der Waals surface area contributed by atoms with E-state index in [0.29, 0.717) is 17.7 Å². The molecular weight excluding hydrogens is 396 g/mol. The summed E-state index contributed by atoms with van der Waals surface area (Å²) < 4.78 is 5.80. The number of anilines is 1. The van der Waals surface area contributed by atoms with Gasteiger partial charge in [-0.1, -0.05) is 46.7 Å². The van der Waals surface area contributed by atoms with Gasteiger partial charge in [-0.2, -0.15) is 5.26 Å². The van der Waals surface area contributed by atoms with Crippen LogP contribution in [0.5, 0.6) is 0 Å². The van der Waals surface area contributed by atoms with Crippen molar-refractivity contribution >= 4 is 23.4 Å². The van der Waals surface area contributed by atoms with Gasteiger partial charge in [-0.25, -0.2) is 0 Å². The Balaban J connectivity index is 1.75. The quantitative estimate of drug-likeness (QED) is 0.495. The van der Waals surface area contributed by atoms with E-state index in [9.17, 15) is 4.79 Å². The van der Waals surface area contributed by atoms with Crippen LogP contribution in [-0.2, 0) is 4.79 Å². The second-order valence-corrected chi connectivity index (χ2v) is 8.54. The molecule has 1 atom stereocenters. The van der Waals surface area contributed by atoms with Crippen molar-refractivity contribution in [3.05, 3.63) is 59.2 Å². The van der Waals surface area contributed by atoms with Crippen molar-refractivity contribution in [2.75, 3.05) is 11.4 Å². The van der Waals surface area contributed by atoms with Crippen LogP contribution in [0.15, 0.2) is 52.1 Å². The molecule has 0 spiro atoms. The van der Waals surface area contributed by atoms with Crippen molar-refractivity contribution in [3.8, 4) is 17.5 Å². The monoisotopic (exact) mass is 420 g/mol. The maximum absolute atomic E-state index is 13.1. The molecule has 1 amide bonds. The second-order valence-electron chi connectivity index (χ2n) is 7.24. The first-order valence-corrected chi connectivity index (χ1v) is 10.6. The average Bonchev–Trinajstić information content (AvgIpc) is 3.17. The van der Waals surface area contributed by atoms with Crippen molar-refractivity contribution in [2.45, 2.75) is 44.6 Å². The molecular formula is C23H24N4O2S. The maximum atomic E-state index is 13.1. The number of hydrogen-bond acceptors (Lipinski definition) is 6. The predicted octanol–water partition coefficient (Wildman–Crippen LogP) is 5.09. The molecule has 154 valence electrons. The molecule has 7 heteroatoms. The lowest BCUT2D eigenvalue weighted by Gasteiger charge is -2.24. The van der Waals surface area contributed by atoms with Gasteiger partial charge in [-0.3, -0.25) is 4.79 Å². The van der Waals surface area contributed by atoms with Crippen LogP contribution >= 0.6 is 11.8 Å². The number of rotatable bonds is 7. The Morgan fingerprint density at radius 3 is 2.40 bits per heavy atom. The zero-order valence-corrected chi connectivity index (χ0v) is 18.4. The summed E-state index contributed by atoms with van der Waals surface area (Å²) in [6.07, 6.45) is 0.258. The summed E-state index contributed by atoms with van der Waals surface area (Å²) in [6, 6.07) is 15.9. The molecule has 0 aliphatic carbocycles. The van der Waals surface area contributed by atoms with Crippen LogP contribution < -0.4 is 4.90 Å². The number of nitriles is 1. The van der Waals surface area contributed by atoms with Crippen molar-refractivity contribution in [1.82, 2.24) is 10.2 Å². The summed E-state index contributed by atoms with van der Waals surface area (Å²) in [5, 5.41) is 17.1. The smallest absolute Gasteiger partial charge is 0.277 e. The number of amides is 1. The third kappa shape index (κ3) is 5.28. The first-order valence-electron chi connectivity index (χ1n) is 9.71. The van der Waals surface area contributed by atoms with Crippen LogP contribution in [0, 0.1) is 32.1 Å². The van der Waals surface area contributed by atoms with E-state index in [4.69, 9.17) is 9.68 Å². The average molecular weight is 421 g/mol. The fourth-order valence-corrected chi connectivity index (χ4v) is 3.89. The van der Waals surface area contributed by atoms with E-state index in [2.05, 4.69) is 22.3 Å². The van der Waals surface area contributed by atoms with Crippen molar-refractivity contribution in [3.63, 3.8) is 0 Å². The summed E-state index contributed by atoms with van der Waals surface area (Å²) >= 11 is 1.22. The van der Waals surface area contributed by atoms with E-state index >= 15 is 0 Å². The number of hydrogen-bond donors (Lipinski definition) is 0. The predicted molar refractivity (Wildman–Crippen MR) is 118 cm³/mol. The standard InChI is InChI=1S/C23H24N4O2S/c1-15-6-8-20(9-7-15)27(11-5-10-24)22(28)18(4)30-23-26-25-21(29-23)19-13-16(2)12-17(3)14-19/h6-9,12-14,18H,5,11H2,1-4H3. The minimum absolute atomic E-state index is 0.106. The van der Waals surface area contributed by atoms with Crippen LogP contribution in [0.3, 0.4) is 0 Å². The van der Waals surface area contributed by atoms with Gasteiger partial charge in [0.2, 0.25) is 11.8 Å². The molecule has 1 unspecified atom stereocenters. The van der Waals surface area contributed by atoms with Gasteiger partial charge in [0, 0.05) is 17.8 Å². The van der Waals surface area contributed by atoms with Crippen molar-refractivity contribution in [2.24, 2.45) is 0 Å². The Morgan fingerprint density at radius 2 is 1.77 bits per heavy atom. The largest absolute Gasteiger partial charge is 0.411 e. The Labute approximate surface area is 180 Å². The number of aromatic nitrogens is 2. The summed E-state index contributed by atoms with van der Waals surface area (Å²) in [5.74, 6) is 0.328. The number of carbonyl (C=O) groups is 1. The molecule has 0 bridgehead atoms. The number of nitrogens with zero attached hydrogens (tertiary/aromatic N) is 4. The molecule has 1 heterocycles. The van der Waals surface area contributed by atoms with Crippen LogP contribution in [0.2, 0.25) is 0 Å². The fraction of sp³-hybridized carbons (Fsp3) is 0.304. The molecule has 30 heavy (non-hydrogen) atoms. The molecule has 0 saturated carbocycles. The summed E-state index contributed by atoms with van der Waals surface area (Å²) in [6.45, 7) is 8.17. The van der Waals surface area contributed by atoms with E-state index < -0.39 is 5.25 Å². The normalized spacial score (nSPS) is 11.7. The van der Waals surface area contributed by atoms with E-state index in [1.807, 2.05) is 57.2 Å². The molecule has 3 rings (SSSR count). The molecule has 3 aromatic rings. The minimum Gasteiger partial charge on any atom is -0.411 e. The van der Waals surface area contributed by atoms with Gasteiger partial charge in [-0.15, -0.1) is 10.2 Å². The first kappa shape index (κ1) is 21.6. The van der Waals surface area contributed by atoms with Crippen LogP contribution in [0.1, 0.15) is 30.0 Å². The molecule has 0 aliphatic rings. The topological polar surface area (TPSA) is 83.0 Å². The lowest BCUT2D eigenvalue weighted by Crippen LogP contribution is -2.37.